The predicted molar refractivity (Wildman–Crippen MR) is 108 cm³/mol. The Morgan fingerprint density at radius 1 is 1.14 bits per heavy atom. The molecule has 2 aromatic rings. The van der Waals surface area contributed by atoms with Crippen molar-refractivity contribution in [3.8, 4) is 5.75 Å². The molecule has 2 aromatic carbocycles. The van der Waals surface area contributed by atoms with E-state index in [1.54, 1.807) is 12.1 Å². The van der Waals surface area contributed by atoms with Crippen LogP contribution in [0.2, 0.25) is 0 Å². The summed E-state index contributed by atoms with van der Waals surface area (Å²) < 4.78 is 5.62. The van der Waals surface area contributed by atoms with Gasteiger partial charge in [-0.15, -0.1) is 0 Å². The van der Waals surface area contributed by atoms with E-state index in [9.17, 15) is 14.4 Å². The number of urea groups is 1. The fourth-order valence-corrected chi connectivity index (χ4v) is 3.35. The van der Waals surface area contributed by atoms with Crippen molar-refractivity contribution >= 4 is 17.8 Å². The Hall–Kier alpha value is -3.35. The van der Waals surface area contributed by atoms with Crippen LogP contribution in [0.1, 0.15) is 37.3 Å². The topological polar surface area (TPSA) is 87.7 Å². The second-order valence-electron chi connectivity index (χ2n) is 7.00. The first kappa shape index (κ1) is 20.4. The van der Waals surface area contributed by atoms with Crippen molar-refractivity contribution in [2.75, 3.05) is 6.61 Å². The number of amides is 4. The lowest BCUT2D eigenvalue weighted by Gasteiger charge is -2.25. The van der Waals surface area contributed by atoms with E-state index < -0.39 is 23.4 Å². The van der Waals surface area contributed by atoms with E-state index >= 15 is 0 Å². The van der Waals surface area contributed by atoms with Crippen molar-refractivity contribution in [1.82, 2.24) is 15.8 Å². The summed E-state index contributed by atoms with van der Waals surface area (Å²) in [6, 6.07) is 16.0. The lowest BCUT2D eigenvalue weighted by atomic mass is 9.87. The molecule has 152 valence electrons. The molecule has 1 aliphatic heterocycles. The number of carbonyl (C=O) groups excluding carboxylic acids is 3. The number of carbonyl (C=O) groups is 3. The molecule has 7 nitrogen and oxygen atoms in total. The van der Waals surface area contributed by atoms with Gasteiger partial charge in [0.05, 0.1) is 6.61 Å². The van der Waals surface area contributed by atoms with Gasteiger partial charge in [-0.25, -0.2) is 4.79 Å². The van der Waals surface area contributed by atoms with Gasteiger partial charge in [0.25, 0.3) is 5.91 Å². The quantitative estimate of drug-likeness (QED) is 0.531. The second-order valence-corrected chi connectivity index (χ2v) is 7.00. The minimum absolute atomic E-state index is 0.132. The molecule has 1 atom stereocenters. The van der Waals surface area contributed by atoms with E-state index in [1.807, 2.05) is 56.3 Å². The average molecular weight is 395 g/mol. The van der Waals surface area contributed by atoms with Gasteiger partial charge in [-0.1, -0.05) is 49.4 Å². The first-order chi connectivity index (χ1) is 14.0. The van der Waals surface area contributed by atoms with Crippen LogP contribution in [0.15, 0.2) is 54.6 Å². The zero-order chi connectivity index (χ0) is 20.9. The Kier molecular flexibility index (Phi) is 6.16. The molecule has 0 saturated carbocycles. The van der Waals surface area contributed by atoms with Gasteiger partial charge in [-0.2, -0.15) is 5.01 Å². The molecule has 0 spiro atoms. The van der Waals surface area contributed by atoms with E-state index in [-0.39, 0.29) is 6.42 Å². The summed E-state index contributed by atoms with van der Waals surface area (Å²) in [5.41, 5.74) is 3.03. The van der Waals surface area contributed by atoms with Crippen molar-refractivity contribution in [3.05, 3.63) is 65.7 Å². The highest BCUT2D eigenvalue weighted by atomic mass is 16.5. The summed E-state index contributed by atoms with van der Waals surface area (Å²) in [6.07, 6.45) is 0.965. The molecular formula is C22H25N3O4. The van der Waals surface area contributed by atoms with Crippen LogP contribution in [0.25, 0.3) is 0 Å². The Morgan fingerprint density at radius 2 is 1.90 bits per heavy atom. The van der Waals surface area contributed by atoms with Gasteiger partial charge in [0.2, 0.25) is 5.91 Å². The molecule has 0 bridgehead atoms. The summed E-state index contributed by atoms with van der Waals surface area (Å²) in [7, 11) is 0. The minimum Gasteiger partial charge on any atom is -0.494 e. The molecule has 1 saturated heterocycles. The summed E-state index contributed by atoms with van der Waals surface area (Å²) >= 11 is 0. The van der Waals surface area contributed by atoms with E-state index in [0.29, 0.717) is 25.0 Å². The molecule has 1 aliphatic rings. The summed E-state index contributed by atoms with van der Waals surface area (Å²) in [5, 5.41) is 3.51. The highest BCUT2D eigenvalue weighted by Gasteiger charge is 2.52. The van der Waals surface area contributed by atoms with Crippen LogP contribution in [0, 0.1) is 6.92 Å². The number of hydrogen-bond acceptors (Lipinski definition) is 4. The van der Waals surface area contributed by atoms with Crippen LogP contribution >= 0.6 is 0 Å². The third-order valence-electron chi connectivity index (χ3n) is 4.93. The van der Waals surface area contributed by atoms with Crippen LogP contribution in [0.3, 0.4) is 0 Å². The lowest BCUT2D eigenvalue weighted by molar-refractivity contribution is -0.139. The van der Waals surface area contributed by atoms with Gasteiger partial charge >= 0.3 is 6.03 Å². The monoisotopic (exact) mass is 395 g/mol. The summed E-state index contributed by atoms with van der Waals surface area (Å²) in [4.78, 5) is 37.6. The van der Waals surface area contributed by atoms with E-state index in [1.165, 1.54) is 0 Å². The predicted octanol–water partition coefficient (Wildman–Crippen LogP) is 3.04. The number of ether oxygens (including phenoxy) is 1. The highest BCUT2D eigenvalue weighted by molar-refractivity contribution is 6.08. The zero-order valence-corrected chi connectivity index (χ0v) is 16.6. The van der Waals surface area contributed by atoms with Gasteiger partial charge in [0.1, 0.15) is 11.3 Å². The molecule has 7 heteroatoms. The maximum Gasteiger partial charge on any atom is 0.344 e. The molecule has 0 aliphatic carbocycles. The lowest BCUT2D eigenvalue weighted by Crippen LogP contribution is -2.48. The number of nitrogens with zero attached hydrogens (tertiary/aromatic N) is 1. The van der Waals surface area contributed by atoms with E-state index in [4.69, 9.17) is 4.74 Å². The Balaban J connectivity index is 1.55. The Bertz CT molecular complexity index is 900. The van der Waals surface area contributed by atoms with Crippen molar-refractivity contribution in [3.63, 3.8) is 0 Å². The third kappa shape index (κ3) is 4.39. The maximum atomic E-state index is 13.0. The molecule has 1 heterocycles. The average Bonchev–Trinajstić information content (AvgIpc) is 2.97. The van der Waals surface area contributed by atoms with Crippen molar-refractivity contribution in [2.45, 2.75) is 38.6 Å². The zero-order valence-electron chi connectivity index (χ0n) is 16.6. The largest absolute Gasteiger partial charge is 0.494 e. The number of hydrogen-bond donors (Lipinski definition) is 2. The summed E-state index contributed by atoms with van der Waals surface area (Å²) in [6.45, 7) is 4.16. The normalized spacial score (nSPS) is 18.5. The van der Waals surface area contributed by atoms with Gasteiger partial charge in [0.15, 0.2) is 0 Å². The molecule has 29 heavy (non-hydrogen) atoms. The first-order valence-electron chi connectivity index (χ1n) is 9.67. The number of imide groups is 1. The standard InChI is InChI=1S/C22H25N3O4/c1-3-22(17-10-5-4-6-11-17)20(27)25(21(28)23-22)24-19(26)13-8-14-29-18-12-7-9-16(2)15-18/h4-7,9-12,15H,3,8,13-14H2,1-2H3,(H,23,28)(H,24,26)/t22-/m1/s1. The second kappa shape index (κ2) is 8.77. The number of rotatable bonds is 8. The molecule has 1 fully saturated rings. The van der Waals surface area contributed by atoms with Gasteiger partial charge in [-0.3, -0.25) is 15.0 Å². The third-order valence-corrected chi connectivity index (χ3v) is 4.93. The van der Waals surface area contributed by atoms with Crippen molar-refractivity contribution in [1.29, 1.82) is 0 Å². The van der Waals surface area contributed by atoms with Crippen molar-refractivity contribution < 1.29 is 19.1 Å². The van der Waals surface area contributed by atoms with E-state index in [2.05, 4.69) is 10.7 Å². The molecule has 4 amide bonds. The Morgan fingerprint density at radius 3 is 2.59 bits per heavy atom. The molecule has 2 N–H and O–H groups in total. The maximum absolute atomic E-state index is 13.0. The van der Waals surface area contributed by atoms with Gasteiger partial charge in [0, 0.05) is 6.42 Å². The first-order valence-corrected chi connectivity index (χ1v) is 9.67. The van der Waals surface area contributed by atoms with Gasteiger partial charge < -0.3 is 10.1 Å². The van der Waals surface area contributed by atoms with Crippen molar-refractivity contribution in [2.24, 2.45) is 0 Å². The molecular weight excluding hydrogens is 370 g/mol. The molecule has 0 unspecified atom stereocenters. The van der Waals surface area contributed by atoms with Crippen LogP contribution in [0.4, 0.5) is 4.79 Å². The van der Waals surface area contributed by atoms with Crippen LogP contribution in [-0.4, -0.2) is 29.5 Å². The fraction of sp³-hybridized carbons (Fsp3) is 0.318. The minimum atomic E-state index is -1.17. The number of aryl methyl sites for hydroxylation is 1. The number of hydrazine groups is 1. The van der Waals surface area contributed by atoms with Crippen LogP contribution in [0.5, 0.6) is 5.75 Å². The number of nitrogens with one attached hydrogen (secondary N) is 2. The van der Waals surface area contributed by atoms with E-state index in [0.717, 1.165) is 16.3 Å². The molecule has 0 radical (unpaired) electrons. The van der Waals surface area contributed by atoms with Crippen LogP contribution in [-0.2, 0) is 15.1 Å². The summed E-state index contributed by atoms with van der Waals surface area (Å²) in [5.74, 6) is -0.156. The highest BCUT2D eigenvalue weighted by Crippen LogP contribution is 2.31. The molecule has 0 aromatic heterocycles. The smallest absolute Gasteiger partial charge is 0.344 e. The fourth-order valence-electron chi connectivity index (χ4n) is 3.35. The Labute approximate surface area is 170 Å². The SMILES string of the molecule is CC[C@]1(c2ccccc2)NC(=O)N(NC(=O)CCCOc2cccc(C)c2)C1=O. The van der Waals surface area contributed by atoms with Crippen LogP contribution < -0.4 is 15.5 Å². The number of benzene rings is 2. The molecule has 3 rings (SSSR count). The van der Waals surface area contributed by atoms with Gasteiger partial charge in [-0.05, 0) is 43.0 Å².